The van der Waals surface area contributed by atoms with E-state index < -0.39 is 0 Å². The van der Waals surface area contributed by atoms with Gasteiger partial charge in [0.05, 0.1) is 6.10 Å². The van der Waals surface area contributed by atoms with Crippen LogP contribution in [-0.4, -0.2) is 23.8 Å². The van der Waals surface area contributed by atoms with E-state index in [-0.39, 0.29) is 6.10 Å². The Labute approximate surface area is 99.8 Å². The molecule has 16 heavy (non-hydrogen) atoms. The van der Waals surface area contributed by atoms with Crippen LogP contribution in [0.5, 0.6) is 0 Å². The van der Waals surface area contributed by atoms with Crippen molar-refractivity contribution < 1.29 is 5.11 Å². The summed E-state index contributed by atoms with van der Waals surface area (Å²) in [5.74, 6) is 0.591. The van der Waals surface area contributed by atoms with Crippen molar-refractivity contribution in [3.05, 3.63) is 0 Å². The lowest BCUT2D eigenvalue weighted by atomic mass is 9.98. The van der Waals surface area contributed by atoms with Gasteiger partial charge in [0, 0.05) is 6.04 Å². The van der Waals surface area contributed by atoms with Gasteiger partial charge < -0.3 is 10.4 Å². The fraction of sp³-hybridized carbons (Fsp3) is 1.00. The Morgan fingerprint density at radius 2 is 2.12 bits per heavy atom. The summed E-state index contributed by atoms with van der Waals surface area (Å²) in [6, 6.07) is 0.668. The first-order valence-electron chi connectivity index (χ1n) is 7.03. The van der Waals surface area contributed by atoms with Crippen molar-refractivity contribution in [1.82, 2.24) is 5.32 Å². The predicted octanol–water partition coefficient (Wildman–Crippen LogP) is 2.71. The summed E-state index contributed by atoms with van der Waals surface area (Å²) in [5, 5.41) is 13.4. The molecule has 3 unspecified atom stereocenters. The molecule has 2 heteroatoms. The van der Waals surface area contributed by atoms with E-state index in [9.17, 15) is 5.11 Å². The fourth-order valence-electron chi connectivity index (χ4n) is 2.91. The second kappa shape index (κ2) is 5.05. The number of nitrogens with one attached hydrogen (secondary N) is 1. The van der Waals surface area contributed by atoms with Gasteiger partial charge in [0.2, 0.25) is 0 Å². The third-order valence-electron chi connectivity index (χ3n) is 4.91. The van der Waals surface area contributed by atoms with Gasteiger partial charge in [0.15, 0.2) is 0 Å². The van der Waals surface area contributed by atoms with Crippen LogP contribution in [0.25, 0.3) is 0 Å². The average Bonchev–Trinajstić information content (AvgIpc) is 2.88. The molecule has 2 N–H and O–H groups in total. The normalized spacial score (nSPS) is 33.9. The van der Waals surface area contributed by atoms with E-state index in [0.29, 0.717) is 17.4 Å². The van der Waals surface area contributed by atoms with Crippen LogP contribution in [0.4, 0.5) is 0 Å². The summed E-state index contributed by atoms with van der Waals surface area (Å²) >= 11 is 0. The third-order valence-corrected chi connectivity index (χ3v) is 4.91. The van der Waals surface area contributed by atoms with Crippen molar-refractivity contribution in [3.8, 4) is 0 Å². The number of aliphatic hydroxyl groups is 1. The fourth-order valence-corrected chi connectivity index (χ4v) is 2.91. The SMILES string of the molecule is CC(NCCCC1CCCC1O)C1(C)CC1. The molecule has 0 spiro atoms. The van der Waals surface area contributed by atoms with Gasteiger partial charge in [0.25, 0.3) is 0 Å². The highest BCUT2D eigenvalue weighted by molar-refractivity contribution is 4.96. The second-order valence-electron chi connectivity index (χ2n) is 6.23. The van der Waals surface area contributed by atoms with Gasteiger partial charge in [0.1, 0.15) is 0 Å². The Bertz CT molecular complexity index is 221. The van der Waals surface area contributed by atoms with Crippen LogP contribution >= 0.6 is 0 Å². The number of hydrogen-bond donors (Lipinski definition) is 2. The Hall–Kier alpha value is -0.0800. The van der Waals surface area contributed by atoms with Crippen LogP contribution in [0.1, 0.15) is 58.8 Å². The van der Waals surface area contributed by atoms with Gasteiger partial charge >= 0.3 is 0 Å². The van der Waals surface area contributed by atoms with Gasteiger partial charge in [-0.25, -0.2) is 0 Å². The zero-order valence-corrected chi connectivity index (χ0v) is 10.8. The first kappa shape index (κ1) is 12.4. The number of rotatable bonds is 6. The smallest absolute Gasteiger partial charge is 0.0568 e. The molecule has 0 saturated heterocycles. The summed E-state index contributed by atoms with van der Waals surface area (Å²) in [6.45, 7) is 5.82. The van der Waals surface area contributed by atoms with E-state index in [0.717, 1.165) is 13.0 Å². The summed E-state index contributed by atoms with van der Waals surface area (Å²) < 4.78 is 0. The van der Waals surface area contributed by atoms with Crippen molar-refractivity contribution >= 4 is 0 Å². The van der Waals surface area contributed by atoms with E-state index in [1.165, 1.54) is 38.5 Å². The van der Waals surface area contributed by atoms with Gasteiger partial charge in [-0.3, -0.25) is 0 Å². The van der Waals surface area contributed by atoms with Gasteiger partial charge in [-0.2, -0.15) is 0 Å². The lowest BCUT2D eigenvalue weighted by Crippen LogP contribution is -2.34. The Morgan fingerprint density at radius 1 is 1.38 bits per heavy atom. The molecule has 0 radical (unpaired) electrons. The lowest BCUT2D eigenvalue weighted by molar-refractivity contribution is 0.126. The molecule has 2 aliphatic carbocycles. The molecule has 0 aromatic heterocycles. The minimum Gasteiger partial charge on any atom is -0.393 e. The quantitative estimate of drug-likeness (QED) is 0.681. The van der Waals surface area contributed by atoms with Crippen LogP contribution in [0.2, 0.25) is 0 Å². The Balaban J connectivity index is 1.55. The first-order chi connectivity index (χ1) is 7.62. The molecule has 0 aromatic carbocycles. The molecule has 0 amide bonds. The topological polar surface area (TPSA) is 32.3 Å². The van der Waals surface area contributed by atoms with Crippen LogP contribution in [0.3, 0.4) is 0 Å². The molecule has 2 nitrogen and oxygen atoms in total. The summed E-state index contributed by atoms with van der Waals surface area (Å²) in [4.78, 5) is 0. The maximum absolute atomic E-state index is 9.72. The molecule has 0 bridgehead atoms. The van der Waals surface area contributed by atoms with E-state index in [2.05, 4.69) is 19.2 Å². The molecule has 3 atom stereocenters. The zero-order chi connectivity index (χ0) is 11.6. The largest absolute Gasteiger partial charge is 0.393 e. The van der Waals surface area contributed by atoms with Crippen LogP contribution in [0, 0.1) is 11.3 Å². The molecule has 2 fully saturated rings. The number of hydrogen-bond acceptors (Lipinski definition) is 2. The van der Waals surface area contributed by atoms with E-state index in [1.807, 2.05) is 0 Å². The van der Waals surface area contributed by atoms with Crippen LogP contribution in [-0.2, 0) is 0 Å². The van der Waals surface area contributed by atoms with Gasteiger partial charge in [-0.1, -0.05) is 13.3 Å². The minimum atomic E-state index is -0.00151. The van der Waals surface area contributed by atoms with Gasteiger partial charge in [-0.15, -0.1) is 0 Å². The summed E-state index contributed by atoms with van der Waals surface area (Å²) in [6.07, 6.45) is 8.72. The predicted molar refractivity (Wildman–Crippen MR) is 67.4 cm³/mol. The second-order valence-corrected chi connectivity index (χ2v) is 6.23. The standard InChI is InChI=1S/C14H27NO/c1-11(14(2)8-9-14)15-10-4-6-12-5-3-7-13(12)16/h11-13,15-16H,3-10H2,1-2H3. The Kier molecular flexibility index (Phi) is 3.91. The molecular weight excluding hydrogens is 198 g/mol. The average molecular weight is 225 g/mol. The van der Waals surface area contributed by atoms with Crippen molar-refractivity contribution in [2.24, 2.45) is 11.3 Å². The first-order valence-corrected chi connectivity index (χ1v) is 7.03. The lowest BCUT2D eigenvalue weighted by Gasteiger charge is -2.21. The highest BCUT2D eigenvalue weighted by Crippen LogP contribution is 2.47. The highest BCUT2D eigenvalue weighted by atomic mass is 16.3. The molecular formula is C14H27NO. The third kappa shape index (κ3) is 2.98. The van der Waals surface area contributed by atoms with Crippen molar-refractivity contribution in [2.45, 2.75) is 70.9 Å². The zero-order valence-electron chi connectivity index (χ0n) is 10.8. The molecule has 0 aliphatic heterocycles. The molecule has 0 heterocycles. The van der Waals surface area contributed by atoms with Crippen molar-refractivity contribution in [1.29, 1.82) is 0 Å². The van der Waals surface area contributed by atoms with E-state index in [1.54, 1.807) is 0 Å². The molecule has 2 aliphatic rings. The Morgan fingerprint density at radius 3 is 2.69 bits per heavy atom. The summed E-state index contributed by atoms with van der Waals surface area (Å²) in [7, 11) is 0. The number of aliphatic hydroxyl groups excluding tert-OH is 1. The summed E-state index contributed by atoms with van der Waals surface area (Å²) in [5.41, 5.74) is 0.590. The molecule has 0 aromatic rings. The van der Waals surface area contributed by atoms with Crippen LogP contribution in [0.15, 0.2) is 0 Å². The molecule has 94 valence electrons. The van der Waals surface area contributed by atoms with Crippen molar-refractivity contribution in [2.75, 3.05) is 6.54 Å². The van der Waals surface area contributed by atoms with Gasteiger partial charge in [-0.05, 0) is 63.3 Å². The van der Waals surface area contributed by atoms with E-state index in [4.69, 9.17) is 0 Å². The maximum Gasteiger partial charge on any atom is 0.0568 e. The van der Waals surface area contributed by atoms with Crippen LogP contribution < -0.4 is 5.32 Å². The molecule has 2 saturated carbocycles. The molecule has 2 rings (SSSR count). The highest BCUT2D eigenvalue weighted by Gasteiger charge is 2.42. The monoisotopic (exact) mass is 225 g/mol. The maximum atomic E-state index is 9.72. The minimum absolute atomic E-state index is 0.00151. The van der Waals surface area contributed by atoms with Crippen molar-refractivity contribution in [3.63, 3.8) is 0 Å². The van der Waals surface area contributed by atoms with E-state index >= 15 is 0 Å².